The highest BCUT2D eigenvalue weighted by Crippen LogP contribution is 2.32. The molecule has 0 radical (unpaired) electrons. The van der Waals surface area contributed by atoms with Crippen molar-refractivity contribution >= 4 is 39.7 Å². The van der Waals surface area contributed by atoms with Crippen LogP contribution in [0.5, 0.6) is 0 Å². The van der Waals surface area contributed by atoms with Crippen LogP contribution in [0, 0.1) is 6.92 Å². The summed E-state index contributed by atoms with van der Waals surface area (Å²) in [5.74, 6) is 0. The highest BCUT2D eigenvalue weighted by molar-refractivity contribution is 9.11. The average molecular weight is 307 g/mol. The van der Waals surface area contributed by atoms with Crippen LogP contribution in [-0.4, -0.2) is 6.43 Å². The van der Waals surface area contributed by atoms with Gasteiger partial charge < -0.3 is 5.73 Å². The Morgan fingerprint density at radius 2 is 2.14 bits per heavy atom. The van der Waals surface area contributed by atoms with E-state index in [2.05, 4.69) is 15.9 Å². The first-order chi connectivity index (χ1) is 6.00. The molecule has 1 aromatic heterocycles. The maximum atomic E-state index is 12.0. The van der Waals surface area contributed by atoms with E-state index in [1.165, 1.54) is 11.3 Å². The molecule has 0 aliphatic carbocycles. The van der Waals surface area contributed by atoms with Crippen LogP contribution in [0.3, 0.4) is 0 Å². The van der Waals surface area contributed by atoms with Gasteiger partial charge >= 0.3 is 0 Å². The second-order valence-corrected chi connectivity index (χ2v) is 5.24. The van der Waals surface area contributed by atoms with Crippen molar-refractivity contribution < 1.29 is 8.78 Å². The molecule has 0 aromatic carbocycles. The summed E-state index contributed by atoms with van der Waals surface area (Å²) >= 11 is 4.75. The summed E-state index contributed by atoms with van der Waals surface area (Å²) < 4.78 is 24.9. The third kappa shape index (κ3) is 3.81. The number of alkyl halides is 2. The van der Waals surface area contributed by atoms with Gasteiger partial charge in [0.2, 0.25) is 6.43 Å². The molecular weight excluding hydrogens is 296 g/mol. The van der Waals surface area contributed by atoms with Crippen molar-refractivity contribution in [2.45, 2.75) is 25.8 Å². The van der Waals surface area contributed by atoms with E-state index in [1.807, 2.05) is 13.0 Å². The van der Waals surface area contributed by atoms with Gasteiger partial charge in [-0.3, -0.25) is 0 Å². The molecule has 1 atom stereocenters. The van der Waals surface area contributed by atoms with E-state index in [-0.39, 0.29) is 18.8 Å². The Hall–Kier alpha value is 0.290. The van der Waals surface area contributed by atoms with E-state index in [0.29, 0.717) is 0 Å². The lowest BCUT2D eigenvalue weighted by molar-refractivity contribution is 0.129. The zero-order chi connectivity index (χ0) is 10.0. The Morgan fingerprint density at radius 1 is 1.57 bits per heavy atom. The summed E-state index contributed by atoms with van der Waals surface area (Å²) in [7, 11) is 0. The maximum absolute atomic E-state index is 12.0. The molecule has 1 heterocycles. The third-order valence-electron chi connectivity index (χ3n) is 1.67. The first-order valence-corrected chi connectivity index (χ1v) is 5.41. The fourth-order valence-corrected chi connectivity index (χ4v) is 2.56. The fourth-order valence-electron chi connectivity index (χ4n) is 0.974. The van der Waals surface area contributed by atoms with Crippen LogP contribution in [0.4, 0.5) is 8.78 Å². The number of nitrogens with two attached hydrogens (primary N) is 1. The quantitative estimate of drug-likeness (QED) is 0.900. The van der Waals surface area contributed by atoms with E-state index in [1.54, 1.807) is 0 Å². The van der Waals surface area contributed by atoms with Gasteiger partial charge in [0.1, 0.15) is 0 Å². The Balaban J connectivity index is 0.00000169. The van der Waals surface area contributed by atoms with E-state index in [4.69, 9.17) is 5.73 Å². The van der Waals surface area contributed by atoms with Gasteiger partial charge in [-0.2, -0.15) is 0 Å². The molecule has 1 aromatic rings. The van der Waals surface area contributed by atoms with Crippen LogP contribution in [0.2, 0.25) is 0 Å². The van der Waals surface area contributed by atoms with Crippen molar-refractivity contribution in [2.75, 3.05) is 0 Å². The largest absolute Gasteiger partial charge is 0.323 e. The molecule has 0 amide bonds. The minimum atomic E-state index is -2.34. The van der Waals surface area contributed by atoms with Crippen LogP contribution >= 0.6 is 39.7 Å². The Labute approximate surface area is 100 Å². The van der Waals surface area contributed by atoms with Crippen LogP contribution in [0.15, 0.2) is 9.85 Å². The normalized spacial score (nSPS) is 12.7. The fraction of sp³-hybridized carbons (Fsp3) is 0.500. The highest BCUT2D eigenvalue weighted by Gasteiger charge is 2.15. The molecule has 0 aliphatic rings. The van der Waals surface area contributed by atoms with Gasteiger partial charge in [-0.25, -0.2) is 8.78 Å². The SMILES string of the molecule is Cc1cc([C@H](N)CC(F)F)sc1Br.Cl. The summed E-state index contributed by atoms with van der Waals surface area (Å²) in [5.41, 5.74) is 6.63. The first kappa shape index (κ1) is 14.3. The smallest absolute Gasteiger partial charge is 0.240 e. The number of rotatable bonds is 3. The number of halogens is 4. The summed E-state index contributed by atoms with van der Waals surface area (Å²) in [6.45, 7) is 1.92. The van der Waals surface area contributed by atoms with Crippen molar-refractivity contribution in [3.8, 4) is 0 Å². The summed E-state index contributed by atoms with van der Waals surface area (Å²) in [4.78, 5) is 0.810. The lowest BCUT2D eigenvalue weighted by Crippen LogP contribution is -2.12. The number of thiophene rings is 1. The van der Waals surface area contributed by atoms with Gasteiger partial charge in [-0.05, 0) is 34.5 Å². The monoisotopic (exact) mass is 305 g/mol. The predicted octanol–water partition coefficient (Wildman–Crippen LogP) is 3.90. The second-order valence-electron chi connectivity index (χ2n) is 2.84. The predicted molar refractivity (Wildman–Crippen MR) is 61.6 cm³/mol. The maximum Gasteiger partial charge on any atom is 0.240 e. The Morgan fingerprint density at radius 3 is 2.50 bits per heavy atom. The highest BCUT2D eigenvalue weighted by atomic mass is 79.9. The summed E-state index contributed by atoms with van der Waals surface area (Å²) in [6.07, 6.45) is -2.61. The Kier molecular flexibility index (Phi) is 6.12. The lowest BCUT2D eigenvalue weighted by Gasteiger charge is -2.07. The molecule has 0 spiro atoms. The standard InChI is InChI=1S/C8H10BrF2NS.ClH/c1-4-2-6(13-8(4)9)5(12)3-7(10)11;/h2,5,7H,3,12H2,1H3;1H/t5-;/m1./s1. The van der Waals surface area contributed by atoms with E-state index in [9.17, 15) is 8.78 Å². The van der Waals surface area contributed by atoms with Crippen molar-refractivity contribution in [2.24, 2.45) is 5.73 Å². The number of aryl methyl sites for hydroxylation is 1. The van der Waals surface area contributed by atoms with Crippen LogP contribution in [-0.2, 0) is 0 Å². The van der Waals surface area contributed by atoms with Gasteiger partial charge in [0, 0.05) is 17.3 Å². The van der Waals surface area contributed by atoms with E-state index >= 15 is 0 Å². The molecule has 6 heteroatoms. The molecule has 2 N–H and O–H groups in total. The van der Waals surface area contributed by atoms with Crippen molar-refractivity contribution in [1.82, 2.24) is 0 Å². The average Bonchev–Trinajstić information content (AvgIpc) is 2.31. The zero-order valence-electron chi connectivity index (χ0n) is 7.47. The third-order valence-corrected chi connectivity index (χ3v) is 3.94. The number of hydrogen-bond acceptors (Lipinski definition) is 2. The molecule has 0 saturated carbocycles. The Bertz CT molecular complexity index is 273. The van der Waals surface area contributed by atoms with Crippen LogP contribution < -0.4 is 5.73 Å². The summed E-state index contributed by atoms with van der Waals surface area (Å²) in [6, 6.07) is 1.30. The van der Waals surface area contributed by atoms with Crippen LogP contribution in [0.25, 0.3) is 0 Å². The van der Waals surface area contributed by atoms with E-state index < -0.39 is 12.5 Å². The van der Waals surface area contributed by atoms with Crippen molar-refractivity contribution in [1.29, 1.82) is 0 Å². The first-order valence-electron chi connectivity index (χ1n) is 3.80. The summed E-state index contributed by atoms with van der Waals surface area (Å²) in [5, 5.41) is 0. The zero-order valence-corrected chi connectivity index (χ0v) is 10.7. The molecule has 0 bridgehead atoms. The minimum absolute atomic E-state index is 0. The topological polar surface area (TPSA) is 26.0 Å². The van der Waals surface area contributed by atoms with Gasteiger partial charge in [0.05, 0.1) is 3.79 Å². The van der Waals surface area contributed by atoms with Gasteiger partial charge in [-0.15, -0.1) is 23.7 Å². The molecule has 0 saturated heterocycles. The van der Waals surface area contributed by atoms with Crippen molar-refractivity contribution in [3.05, 3.63) is 20.3 Å². The molecule has 1 nitrogen and oxygen atoms in total. The molecule has 0 fully saturated rings. The molecule has 1 rings (SSSR count). The molecule has 82 valence electrons. The molecule has 0 aliphatic heterocycles. The van der Waals surface area contributed by atoms with Gasteiger partial charge in [0.15, 0.2) is 0 Å². The number of hydrogen-bond donors (Lipinski definition) is 1. The molecule has 0 unspecified atom stereocenters. The van der Waals surface area contributed by atoms with E-state index in [0.717, 1.165) is 14.2 Å². The van der Waals surface area contributed by atoms with Gasteiger partial charge in [0.25, 0.3) is 0 Å². The lowest BCUT2D eigenvalue weighted by atomic mass is 10.2. The molecular formula is C8H11BrClF2NS. The van der Waals surface area contributed by atoms with Crippen LogP contribution in [0.1, 0.15) is 22.9 Å². The molecule has 14 heavy (non-hydrogen) atoms. The van der Waals surface area contributed by atoms with Crippen molar-refractivity contribution in [3.63, 3.8) is 0 Å². The van der Waals surface area contributed by atoms with Gasteiger partial charge in [-0.1, -0.05) is 0 Å². The second kappa shape index (κ2) is 6.00. The minimum Gasteiger partial charge on any atom is -0.323 e.